The van der Waals surface area contributed by atoms with Crippen molar-refractivity contribution in [2.45, 2.75) is 13.5 Å². The van der Waals surface area contributed by atoms with E-state index in [-0.39, 0.29) is 6.61 Å². The molecule has 0 aliphatic rings. The molecule has 0 bridgehead atoms. The van der Waals surface area contributed by atoms with Crippen molar-refractivity contribution in [3.8, 4) is 0 Å². The zero-order valence-corrected chi connectivity index (χ0v) is 11.8. The molecule has 0 saturated carbocycles. The van der Waals surface area contributed by atoms with E-state index in [1.807, 2.05) is 31.2 Å². The van der Waals surface area contributed by atoms with E-state index in [2.05, 4.69) is 0 Å². The molecule has 0 aliphatic carbocycles. The maximum atomic E-state index is 11.9. The van der Waals surface area contributed by atoms with E-state index in [9.17, 15) is 4.79 Å². The number of carbonyl (C=O) groups excluding carboxylic acids is 1. The number of rotatable bonds is 3. The molecule has 0 saturated heterocycles. The van der Waals surface area contributed by atoms with Crippen molar-refractivity contribution in [3.63, 3.8) is 0 Å². The van der Waals surface area contributed by atoms with Gasteiger partial charge >= 0.3 is 5.97 Å². The second kappa shape index (κ2) is 6.09. The van der Waals surface area contributed by atoms with Gasteiger partial charge in [0, 0.05) is 5.02 Å². The van der Waals surface area contributed by atoms with Crippen LogP contribution in [0.3, 0.4) is 0 Å². The summed E-state index contributed by atoms with van der Waals surface area (Å²) in [5.41, 5.74) is 2.37. The summed E-state index contributed by atoms with van der Waals surface area (Å²) < 4.78 is 5.25. The Balaban J connectivity index is 2.08. The first kappa shape index (κ1) is 13.9. The summed E-state index contributed by atoms with van der Waals surface area (Å²) in [7, 11) is 0. The highest BCUT2D eigenvalue weighted by atomic mass is 35.5. The quantitative estimate of drug-likeness (QED) is 0.770. The van der Waals surface area contributed by atoms with Crippen LogP contribution in [0.4, 0.5) is 0 Å². The van der Waals surface area contributed by atoms with Crippen LogP contribution in [-0.4, -0.2) is 5.97 Å². The second-order valence-corrected chi connectivity index (χ2v) is 4.97. The highest BCUT2D eigenvalue weighted by Crippen LogP contribution is 2.22. The lowest BCUT2D eigenvalue weighted by Crippen LogP contribution is -2.06. The predicted molar refractivity (Wildman–Crippen MR) is 76.8 cm³/mol. The summed E-state index contributed by atoms with van der Waals surface area (Å²) in [6, 6.07) is 12.4. The van der Waals surface area contributed by atoms with E-state index in [1.165, 1.54) is 6.07 Å². The van der Waals surface area contributed by atoms with Gasteiger partial charge in [-0.15, -0.1) is 0 Å². The van der Waals surface area contributed by atoms with Crippen LogP contribution in [0.2, 0.25) is 10.0 Å². The van der Waals surface area contributed by atoms with Gasteiger partial charge in [0.25, 0.3) is 0 Å². The summed E-state index contributed by atoms with van der Waals surface area (Å²) in [5, 5.41) is 0.780. The molecule has 0 aliphatic heterocycles. The SMILES string of the molecule is Cc1ccccc1COC(=O)c1ccc(Cl)cc1Cl. The molecule has 0 aromatic heterocycles. The summed E-state index contributed by atoms with van der Waals surface area (Å²) in [5.74, 6) is -0.454. The van der Waals surface area contributed by atoms with Crippen molar-refractivity contribution >= 4 is 29.2 Å². The number of hydrogen-bond donors (Lipinski definition) is 0. The molecule has 0 spiro atoms. The van der Waals surface area contributed by atoms with Crippen LogP contribution in [0.5, 0.6) is 0 Å². The lowest BCUT2D eigenvalue weighted by atomic mass is 10.1. The first-order chi connectivity index (χ1) is 9.08. The Bertz CT molecular complexity index is 609. The molecular weight excluding hydrogens is 283 g/mol. The Morgan fingerprint density at radius 2 is 1.89 bits per heavy atom. The Hall–Kier alpha value is -1.51. The van der Waals surface area contributed by atoms with Gasteiger partial charge < -0.3 is 4.74 Å². The monoisotopic (exact) mass is 294 g/mol. The largest absolute Gasteiger partial charge is 0.457 e. The molecule has 2 nitrogen and oxygen atoms in total. The minimum absolute atomic E-state index is 0.227. The number of aryl methyl sites for hydroxylation is 1. The van der Waals surface area contributed by atoms with Crippen LogP contribution in [0.25, 0.3) is 0 Å². The van der Waals surface area contributed by atoms with Crippen molar-refractivity contribution in [1.29, 1.82) is 0 Å². The molecule has 0 fully saturated rings. The zero-order valence-electron chi connectivity index (χ0n) is 10.3. The second-order valence-electron chi connectivity index (χ2n) is 4.13. The average molecular weight is 295 g/mol. The van der Waals surface area contributed by atoms with Crippen LogP contribution >= 0.6 is 23.2 Å². The molecule has 0 N–H and O–H groups in total. The van der Waals surface area contributed by atoms with Crippen LogP contribution in [-0.2, 0) is 11.3 Å². The van der Waals surface area contributed by atoms with Gasteiger partial charge in [-0.25, -0.2) is 4.79 Å². The molecule has 0 heterocycles. The summed E-state index contributed by atoms with van der Waals surface area (Å²) in [6.07, 6.45) is 0. The van der Waals surface area contributed by atoms with E-state index in [4.69, 9.17) is 27.9 Å². The number of benzene rings is 2. The molecule has 0 amide bonds. The number of hydrogen-bond acceptors (Lipinski definition) is 2. The molecule has 0 unspecified atom stereocenters. The number of ether oxygens (including phenoxy) is 1. The molecule has 98 valence electrons. The van der Waals surface area contributed by atoms with Crippen molar-refractivity contribution < 1.29 is 9.53 Å². The number of esters is 1. The van der Waals surface area contributed by atoms with Crippen LogP contribution < -0.4 is 0 Å². The number of carbonyl (C=O) groups is 1. The molecule has 2 rings (SSSR count). The van der Waals surface area contributed by atoms with E-state index in [0.29, 0.717) is 15.6 Å². The third kappa shape index (κ3) is 3.49. The molecule has 0 radical (unpaired) electrons. The van der Waals surface area contributed by atoms with Crippen LogP contribution in [0.15, 0.2) is 42.5 Å². The van der Waals surface area contributed by atoms with Crippen molar-refractivity contribution in [2.75, 3.05) is 0 Å². The Morgan fingerprint density at radius 3 is 2.58 bits per heavy atom. The third-order valence-corrected chi connectivity index (χ3v) is 3.32. The Kier molecular flexibility index (Phi) is 4.46. The van der Waals surface area contributed by atoms with Gasteiger partial charge in [0.2, 0.25) is 0 Å². The maximum absolute atomic E-state index is 11.9. The van der Waals surface area contributed by atoms with Gasteiger partial charge in [-0.2, -0.15) is 0 Å². The van der Waals surface area contributed by atoms with Crippen LogP contribution in [0, 0.1) is 6.92 Å². The highest BCUT2D eigenvalue weighted by molar-refractivity contribution is 6.36. The van der Waals surface area contributed by atoms with Gasteiger partial charge in [-0.05, 0) is 36.2 Å². The van der Waals surface area contributed by atoms with Gasteiger partial charge in [0.05, 0.1) is 10.6 Å². The fourth-order valence-corrected chi connectivity index (χ4v) is 2.13. The van der Waals surface area contributed by atoms with Gasteiger partial charge in [-0.3, -0.25) is 0 Å². The minimum Gasteiger partial charge on any atom is -0.457 e. The zero-order chi connectivity index (χ0) is 13.8. The summed E-state index contributed by atoms with van der Waals surface area (Å²) in [6.45, 7) is 2.20. The average Bonchev–Trinajstić information content (AvgIpc) is 2.37. The number of halogens is 2. The smallest absolute Gasteiger partial charge is 0.339 e. The van der Waals surface area contributed by atoms with Gasteiger partial charge in [0.15, 0.2) is 0 Å². The standard InChI is InChI=1S/C15H12Cl2O2/c1-10-4-2-3-5-11(10)9-19-15(18)13-7-6-12(16)8-14(13)17/h2-8H,9H2,1H3. The molecule has 19 heavy (non-hydrogen) atoms. The predicted octanol–water partition coefficient (Wildman–Crippen LogP) is 4.66. The van der Waals surface area contributed by atoms with Crippen molar-refractivity contribution in [3.05, 3.63) is 69.2 Å². The third-order valence-electron chi connectivity index (χ3n) is 2.77. The van der Waals surface area contributed by atoms with E-state index >= 15 is 0 Å². The molecular formula is C15H12Cl2O2. The lowest BCUT2D eigenvalue weighted by Gasteiger charge is -2.08. The fraction of sp³-hybridized carbons (Fsp3) is 0.133. The van der Waals surface area contributed by atoms with Crippen molar-refractivity contribution in [2.24, 2.45) is 0 Å². The minimum atomic E-state index is -0.454. The Morgan fingerprint density at radius 1 is 1.16 bits per heavy atom. The van der Waals surface area contributed by atoms with E-state index in [0.717, 1.165) is 11.1 Å². The van der Waals surface area contributed by atoms with E-state index in [1.54, 1.807) is 12.1 Å². The van der Waals surface area contributed by atoms with Gasteiger partial charge in [-0.1, -0.05) is 47.5 Å². The van der Waals surface area contributed by atoms with Crippen molar-refractivity contribution in [1.82, 2.24) is 0 Å². The normalized spacial score (nSPS) is 10.3. The first-order valence-electron chi connectivity index (χ1n) is 5.74. The Labute approximate surface area is 121 Å². The summed E-state index contributed by atoms with van der Waals surface area (Å²) in [4.78, 5) is 11.9. The maximum Gasteiger partial charge on any atom is 0.339 e. The summed E-state index contributed by atoms with van der Waals surface area (Å²) >= 11 is 11.7. The molecule has 2 aromatic rings. The molecule has 2 aromatic carbocycles. The molecule has 0 atom stereocenters. The van der Waals surface area contributed by atoms with E-state index < -0.39 is 5.97 Å². The molecule has 4 heteroatoms. The fourth-order valence-electron chi connectivity index (χ4n) is 1.65. The van der Waals surface area contributed by atoms with Crippen LogP contribution in [0.1, 0.15) is 21.5 Å². The highest BCUT2D eigenvalue weighted by Gasteiger charge is 2.12. The topological polar surface area (TPSA) is 26.3 Å². The lowest BCUT2D eigenvalue weighted by molar-refractivity contribution is 0.0472. The first-order valence-corrected chi connectivity index (χ1v) is 6.50. The van der Waals surface area contributed by atoms with Gasteiger partial charge in [0.1, 0.15) is 6.61 Å².